The SMILES string of the molecule is CCc1cc(-c2cc(Oc3cnc(C(C)=[NH2+])c(NC)c3)ccn2)ccc1C(N)=O. The van der Waals surface area contributed by atoms with Crippen molar-refractivity contribution in [1.82, 2.24) is 9.97 Å². The van der Waals surface area contributed by atoms with Gasteiger partial charge in [-0.05, 0) is 30.2 Å². The van der Waals surface area contributed by atoms with Gasteiger partial charge in [-0.15, -0.1) is 0 Å². The highest BCUT2D eigenvalue weighted by Crippen LogP contribution is 2.28. The number of rotatable bonds is 7. The molecule has 0 saturated heterocycles. The summed E-state index contributed by atoms with van der Waals surface area (Å²) < 4.78 is 5.97. The highest BCUT2D eigenvalue weighted by Gasteiger charge is 2.12. The molecular weight excluding hydrogens is 366 g/mol. The monoisotopic (exact) mass is 390 g/mol. The Hall–Kier alpha value is -3.74. The second-order valence-electron chi connectivity index (χ2n) is 6.57. The van der Waals surface area contributed by atoms with Crippen LogP contribution in [0.3, 0.4) is 0 Å². The summed E-state index contributed by atoms with van der Waals surface area (Å²) in [5, 5.41) is 8.94. The number of carbonyl (C=O) groups excluding carboxylic acids is 1. The smallest absolute Gasteiger partial charge is 0.248 e. The van der Waals surface area contributed by atoms with Crippen molar-refractivity contribution in [2.75, 3.05) is 12.4 Å². The lowest BCUT2D eigenvalue weighted by Crippen LogP contribution is -2.39. The molecule has 3 aromatic rings. The third-order valence-corrected chi connectivity index (χ3v) is 4.52. The van der Waals surface area contributed by atoms with Crippen molar-refractivity contribution in [3.8, 4) is 22.8 Å². The number of pyridine rings is 2. The van der Waals surface area contributed by atoms with E-state index in [2.05, 4.69) is 15.3 Å². The molecule has 7 heteroatoms. The Morgan fingerprint density at radius 1 is 1.17 bits per heavy atom. The number of nitrogens with zero attached hydrogens (tertiary/aromatic N) is 2. The largest absolute Gasteiger partial charge is 0.456 e. The number of aromatic nitrogens is 2. The van der Waals surface area contributed by atoms with Crippen molar-refractivity contribution in [2.45, 2.75) is 20.3 Å². The van der Waals surface area contributed by atoms with Crippen molar-refractivity contribution in [1.29, 1.82) is 0 Å². The average Bonchev–Trinajstić information content (AvgIpc) is 2.73. The Bertz CT molecular complexity index is 1080. The van der Waals surface area contributed by atoms with E-state index in [1.54, 1.807) is 38.5 Å². The van der Waals surface area contributed by atoms with E-state index in [1.807, 2.05) is 31.2 Å². The van der Waals surface area contributed by atoms with Crippen LogP contribution >= 0.6 is 0 Å². The number of aryl methyl sites for hydroxylation is 1. The zero-order valence-electron chi connectivity index (χ0n) is 16.7. The molecule has 0 radical (unpaired) electrons. The number of ether oxygens (including phenoxy) is 1. The number of nitrogens with one attached hydrogen (secondary N) is 1. The summed E-state index contributed by atoms with van der Waals surface area (Å²) in [6.45, 7) is 3.78. The number of nitrogens with two attached hydrogens (primary N) is 2. The first-order valence-corrected chi connectivity index (χ1v) is 9.27. The van der Waals surface area contributed by atoms with Gasteiger partial charge < -0.3 is 15.8 Å². The number of primary amides is 1. The average molecular weight is 390 g/mol. The molecule has 148 valence electrons. The van der Waals surface area contributed by atoms with Crippen LogP contribution in [0.4, 0.5) is 5.69 Å². The van der Waals surface area contributed by atoms with E-state index < -0.39 is 5.91 Å². The van der Waals surface area contributed by atoms with Gasteiger partial charge in [0, 0.05) is 43.4 Å². The fourth-order valence-electron chi connectivity index (χ4n) is 3.06. The van der Waals surface area contributed by atoms with Crippen LogP contribution in [0.5, 0.6) is 11.5 Å². The molecule has 0 bridgehead atoms. The molecule has 7 nitrogen and oxygen atoms in total. The van der Waals surface area contributed by atoms with E-state index >= 15 is 0 Å². The first-order valence-electron chi connectivity index (χ1n) is 9.27. The van der Waals surface area contributed by atoms with Crippen molar-refractivity contribution in [3.05, 3.63) is 65.6 Å². The minimum atomic E-state index is -0.431. The van der Waals surface area contributed by atoms with E-state index in [-0.39, 0.29) is 0 Å². The number of anilines is 1. The quantitative estimate of drug-likeness (QED) is 0.535. The predicted octanol–water partition coefficient (Wildman–Crippen LogP) is 2.21. The van der Waals surface area contributed by atoms with E-state index in [1.165, 1.54) is 0 Å². The predicted molar refractivity (Wildman–Crippen MR) is 113 cm³/mol. The van der Waals surface area contributed by atoms with Gasteiger partial charge in [-0.2, -0.15) is 0 Å². The van der Waals surface area contributed by atoms with Gasteiger partial charge in [0.25, 0.3) is 0 Å². The topological polar surface area (TPSA) is 116 Å². The molecule has 0 fully saturated rings. The van der Waals surface area contributed by atoms with Crippen LogP contribution in [-0.4, -0.2) is 28.6 Å². The molecule has 5 N–H and O–H groups in total. The van der Waals surface area contributed by atoms with Gasteiger partial charge in [-0.3, -0.25) is 15.2 Å². The summed E-state index contributed by atoms with van der Waals surface area (Å²) in [6, 6.07) is 11.0. The van der Waals surface area contributed by atoms with Gasteiger partial charge >= 0.3 is 0 Å². The van der Waals surface area contributed by atoms with Crippen LogP contribution in [0.2, 0.25) is 0 Å². The second-order valence-corrected chi connectivity index (χ2v) is 6.57. The molecule has 1 aromatic carbocycles. The van der Waals surface area contributed by atoms with Crippen LogP contribution in [0, 0.1) is 0 Å². The molecule has 3 rings (SSSR count). The van der Waals surface area contributed by atoms with Gasteiger partial charge in [-0.25, -0.2) is 4.98 Å². The van der Waals surface area contributed by atoms with Gasteiger partial charge in [0.2, 0.25) is 5.91 Å². The molecule has 29 heavy (non-hydrogen) atoms. The summed E-state index contributed by atoms with van der Waals surface area (Å²) in [7, 11) is 1.80. The molecule has 2 aromatic heterocycles. The number of carbonyl (C=O) groups is 1. The lowest BCUT2D eigenvalue weighted by molar-refractivity contribution is -0.113. The van der Waals surface area contributed by atoms with E-state index in [9.17, 15) is 4.79 Å². The number of benzene rings is 1. The highest BCUT2D eigenvalue weighted by molar-refractivity contribution is 5.97. The molecule has 2 heterocycles. The molecule has 0 aliphatic heterocycles. The van der Waals surface area contributed by atoms with Gasteiger partial charge in [0.1, 0.15) is 11.5 Å². The van der Waals surface area contributed by atoms with Crippen LogP contribution in [0.1, 0.15) is 35.5 Å². The zero-order chi connectivity index (χ0) is 21.0. The number of hydrogen-bond donors (Lipinski definition) is 3. The summed E-state index contributed by atoms with van der Waals surface area (Å²) in [5.74, 6) is 0.770. The van der Waals surface area contributed by atoms with Gasteiger partial charge in [-0.1, -0.05) is 13.0 Å². The van der Waals surface area contributed by atoms with Crippen molar-refractivity contribution in [3.63, 3.8) is 0 Å². The maximum atomic E-state index is 11.6. The summed E-state index contributed by atoms with van der Waals surface area (Å²) in [4.78, 5) is 20.4. The van der Waals surface area contributed by atoms with Crippen LogP contribution in [-0.2, 0) is 6.42 Å². The lowest BCUT2D eigenvalue weighted by atomic mass is 9.99. The fraction of sp³-hybridized carbons (Fsp3) is 0.182. The molecule has 0 spiro atoms. The Balaban J connectivity index is 1.91. The first kappa shape index (κ1) is 20.0. The normalized spacial score (nSPS) is 10.4. The maximum Gasteiger partial charge on any atom is 0.248 e. The summed E-state index contributed by atoms with van der Waals surface area (Å²) in [6.07, 6.45) is 4.01. The molecular formula is C22H24N5O2+. The fourth-order valence-corrected chi connectivity index (χ4v) is 3.06. The number of hydrogen-bond acceptors (Lipinski definition) is 5. The summed E-state index contributed by atoms with van der Waals surface area (Å²) >= 11 is 0. The second kappa shape index (κ2) is 8.52. The van der Waals surface area contributed by atoms with Crippen LogP contribution in [0.15, 0.2) is 48.8 Å². The Morgan fingerprint density at radius 2 is 1.97 bits per heavy atom. The lowest BCUT2D eigenvalue weighted by Gasteiger charge is -2.11. The Kier molecular flexibility index (Phi) is 5.87. The van der Waals surface area contributed by atoms with Gasteiger partial charge in [0.15, 0.2) is 11.4 Å². The van der Waals surface area contributed by atoms with Gasteiger partial charge in [0.05, 0.1) is 17.6 Å². The molecule has 1 amide bonds. The minimum Gasteiger partial charge on any atom is -0.456 e. The third kappa shape index (κ3) is 4.40. The first-order chi connectivity index (χ1) is 13.9. The van der Waals surface area contributed by atoms with Crippen LogP contribution < -0.4 is 21.2 Å². The Labute approximate surface area is 169 Å². The molecule has 0 atom stereocenters. The van der Waals surface area contributed by atoms with Crippen molar-refractivity contribution >= 4 is 17.3 Å². The molecule has 0 aliphatic carbocycles. The maximum absolute atomic E-state index is 11.6. The molecule has 0 aliphatic rings. The Morgan fingerprint density at radius 3 is 2.62 bits per heavy atom. The third-order valence-electron chi connectivity index (χ3n) is 4.52. The number of amides is 1. The molecule has 0 saturated carbocycles. The van der Waals surface area contributed by atoms with Crippen molar-refractivity contribution in [2.24, 2.45) is 5.73 Å². The minimum absolute atomic E-state index is 0.431. The molecule has 0 unspecified atom stereocenters. The zero-order valence-corrected chi connectivity index (χ0v) is 16.7. The van der Waals surface area contributed by atoms with Crippen LogP contribution in [0.25, 0.3) is 11.3 Å². The highest BCUT2D eigenvalue weighted by atomic mass is 16.5. The van der Waals surface area contributed by atoms with E-state index in [0.29, 0.717) is 34.9 Å². The van der Waals surface area contributed by atoms with Crippen molar-refractivity contribution < 1.29 is 14.9 Å². The standard InChI is InChI=1S/C22H23N5O2/c1-4-14-9-15(5-6-18(14)22(24)28)19-10-16(7-8-26-19)29-17-11-20(25-3)21(13(2)23)27-12-17/h5-12,23,25H,4H2,1-3H3,(H2,24,28)/p+1. The van der Waals surface area contributed by atoms with E-state index in [4.69, 9.17) is 15.9 Å². The summed E-state index contributed by atoms with van der Waals surface area (Å²) in [5.41, 5.74) is 10.6. The van der Waals surface area contributed by atoms with E-state index in [0.717, 1.165) is 22.5 Å².